The molecule has 5 nitrogen and oxygen atoms in total. The normalized spacial score (nSPS) is 12.0. The summed E-state index contributed by atoms with van der Waals surface area (Å²) in [6.07, 6.45) is 0. The van der Waals surface area contributed by atoms with Gasteiger partial charge in [-0.15, -0.1) is 0 Å². The van der Waals surface area contributed by atoms with Gasteiger partial charge in [0, 0.05) is 28.3 Å². The van der Waals surface area contributed by atoms with Crippen LogP contribution in [-0.2, 0) is 13.2 Å². The first-order valence-corrected chi connectivity index (χ1v) is 10.9. The maximum Gasteiger partial charge on any atom is 0.231 e. The zero-order valence-electron chi connectivity index (χ0n) is 16.7. The first-order chi connectivity index (χ1) is 15.0. The second-order valence-electron chi connectivity index (χ2n) is 6.73. The average Bonchev–Trinajstić information content (AvgIpc) is 3.22. The van der Waals surface area contributed by atoms with Crippen LogP contribution in [0.2, 0.25) is 5.02 Å². The lowest BCUT2D eigenvalue weighted by Gasteiger charge is -2.16. The maximum absolute atomic E-state index is 14.1. The molecule has 0 bridgehead atoms. The van der Waals surface area contributed by atoms with Crippen molar-refractivity contribution < 1.29 is 23.3 Å². The summed E-state index contributed by atoms with van der Waals surface area (Å²) in [6.45, 7) is 3.13. The molecule has 0 aromatic heterocycles. The van der Waals surface area contributed by atoms with Crippen LogP contribution >= 0.6 is 27.5 Å². The van der Waals surface area contributed by atoms with E-state index in [0.717, 1.165) is 27.2 Å². The van der Waals surface area contributed by atoms with Crippen LogP contribution < -0.4 is 24.3 Å². The van der Waals surface area contributed by atoms with Gasteiger partial charge < -0.3 is 24.3 Å². The fourth-order valence-corrected chi connectivity index (χ4v) is 3.80. The Morgan fingerprint density at radius 2 is 1.87 bits per heavy atom. The Morgan fingerprint density at radius 1 is 1.06 bits per heavy atom. The number of hydrogen-bond donors (Lipinski definition) is 1. The maximum atomic E-state index is 14.1. The average molecular weight is 509 g/mol. The number of rotatable bonds is 8. The third kappa shape index (κ3) is 4.99. The molecule has 0 saturated heterocycles. The van der Waals surface area contributed by atoms with Crippen molar-refractivity contribution in [3.05, 3.63) is 75.0 Å². The number of benzene rings is 3. The van der Waals surface area contributed by atoms with Crippen LogP contribution in [0.25, 0.3) is 0 Å². The summed E-state index contributed by atoms with van der Waals surface area (Å²) < 4.78 is 37.3. The molecule has 3 aromatic carbocycles. The summed E-state index contributed by atoms with van der Waals surface area (Å²) >= 11 is 9.69. The molecule has 0 fully saturated rings. The molecule has 0 amide bonds. The van der Waals surface area contributed by atoms with Gasteiger partial charge >= 0.3 is 0 Å². The summed E-state index contributed by atoms with van der Waals surface area (Å²) in [6, 6.07) is 14.0. The van der Waals surface area contributed by atoms with Crippen molar-refractivity contribution in [2.75, 3.05) is 18.7 Å². The summed E-state index contributed by atoms with van der Waals surface area (Å²) in [5, 5.41) is 3.68. The Balaban J connectivity index is 1.50. The second kappa shape index (κ2) is 9.66. The Bertz CT molecular complexity index is 1080. The van der Waals surface area contributed by atoms with Crippen LogP contribution in [0.15, 0.2) is 53.0 Å². The van der Waals surface area contributed by atoms with Gasteiger partial charge in [-0.05, 0) is 48.9 Å². The monoisotopic (exact) mass is 507 g/mol. The van der Waals surface area contributed by atoms with E-state index >= 15 is 0 Å². The third-order valence-corrected chi connectivity index (χ3v) is 5.79. The van der Waals surface area contributed by atoms with Gasteiger partial charge in [-0.2, -0.15) is 0 Å². The highest BCUT2D eigenvalue weighted by atomic mass is 79.9. The van der Waals surface area contributed by atoms with Crippen LogP contribution in [0.3, 0.4) is 0 Å². The van der Waals surface area contributed by atoms with Crippen molar-refractivity contribution in [3.8, 4) is 23.0 Å². The number of nitrogens with one attached hydrogen (secondary N) is 1. The van der Waals surface area contributed by atoms with E-state index in [4.69, 9.17) is 30.5 Å². The molecule has 0 atom stereocenters. The minimum absolute atomic E-state index is 0.00713. The molecule has 162 valence electrons. The minimum Gasteiger partial charge on any atom is -0.490 e. The molecule has 0 unspecified atom stereocenters. The second-order valence-corrected chi connectivity index (χ2v) is 8.00. The first kappa shape index (κ1) is 21.6. The van der Waals surface area contributed by atoms with Crippen LogP contribution in [0.4, 0.5) is 10.1 Å². The Kier molecular flexibility index (Phi) is 6.73. The molecule has 1 N–H and O–H groups in total. The topological polar surface area (TPSA) is 49.0 Å². The number of ether oxygens (including phenoxy) is 4. The van der Waals surface area contributed by atoms with E-state index in [1.54, 1.807) is 12.1 Å². The third-order valence-electron chi connectivity index (χ3n) is 4.70. The van der Waals surface area contributed by atoms with Crippen molar-refractivity contribution in [2.24, 2.45) is 0 Å². The van der Waals surface area contributed by atoms with Gasteiger partial charge in [0.15, 0.2) is 23.0 Å². The highest BCUT2D eigenvalue weighted by Crippen LogP contribution is 2.37. The van der Waals surface area contributed by atoms with Crippen LogP contribution in [0.1, 0.15) is 18.1 Å². The van der Waals surface area contributed by atoms with E-state index in [9.17, 15) is 4.39 Å². The summed E-state index contributed by atoms with van der Waals surface area (Å²) in [5.74, 6) is 2.12. The minimum atomic E-state index is -0.408. The van der Waals surface area contributed by atoms with Crippen LogP contribution in [0, 0.1) is 5.82 Å². The van der Waals surface area contributed by atoms with Crippen molar-refractivity contribution >= 4 is 33.2 Å². The smallest absolute Gasteiger partial charge is 0.231 e. The van der Waals surface area contributed by atoms with Gasteiger partial charge in [-0.3, -0.25) is 0 Å². The highest BCUT2D eigenvalue weighted by Gasteiger charge is 2.15. The summed E-state index contributed by atoms with van der Waals surface area (Å²) in [5.41, 5.74) is 2.18. The summed E-state index contributed by atoms with van der Waals surface area (Å²) in [4.78, 5) is 0. The van der Waals surface area contributed by atoms with Crippen molar-refractivity contribution in [2.45, 2.75) is 20.1 Å². The number of hydrogen-bond acceptors (Lipinski definition) is 5. The Labute approximate surface area is 193 Å². The van der Waals surface area contributed by atoms with Gasteiger partial charge in [0.2, 0.25) is 6.79 Å². The first-order valence-electron chi connectivity index (χ1n) is 9.69. The number of anilines is 1. The van der Waals surface area contributed by atoms with Gasteiger partial charge in [-0.1, -0.05) is 33.6 Å². The van der Waals surface area contributed by atoms with Gasteiger partial charge in [0.25, 0.3) is 0 Å². The molecule has 1 aliphatic rings. The molecule has 0 aliphatic carbocycles. The Hall–Kier alpha value is -2.64. The van der Waals surface area contributed by atoms with Crippen molar-refractivity contribution in [1.29, 1.82) is 0 Å². The fraction of sp³-hybridized carbons (Fsp3) is 0.217. The SMILES string of the molecule is CCOc1cc(CNc2ccc3c(c2)OCO3)c(Br)cc1OCc1c(F)cccc1Cl. The van der Waals surface area contributed by atoms with E-state index in [1.807, 2.05) is 37.3 Å². The molecular formula is C23H20BrClFNO4. The largest absolute Gasteiger partial charge is 0.490 e. The van der Waals surface area contributed by atoms with Gasteiger partial charge in [0.1, 0.15) is 12.4 Å². The van der Waals surface area contributed by atoms with Crippen molar-refractivity contribution in [1.82, 2.24) is 0 Å². The molecule has 4 rings (SSSR count). The van der Waals surface area contributed by atoms with Crippen LogP contribution in [-0.4, -0.2) is 13.4 Å². The molecule has 3 aromatic rings. The zero-order chi connectivity index (χ0) is 21.8. The molecule has 1 heterocycles. The lowest BCUT2D eigenvalue weighted by Crippen LogP contribution is -2.05. The Morgan fingerprint density at radius 3 is 2.68 bits per heavy atom. The van der Waals surface area contributed by atoms with E-state index < -0.39 is 5.82 Å². The van der Waals surface area contributed by atoms with E-state index in [1.165, 1.54) is 6.07 Å². The molecule has 0 radical (unpaired) electrons. The molecule has 31 heavy (non-hydrogen) atoms. The predicted octanol–water partition coefficient (Wildman–Crippen LogP) is 6.56. The molecule has 1 aliphatic heterocycles. The number of halogens is 3. The standard InChI is InChI=1S/C23H20BrClFNO4/c1-2-28-21-8-14(11-27-15-6-7-20-22(9-15)31-13-30-20)17(24)10-23(21)29-12-16-18(25)4-3-5-19(16)26/h3-10,27H,2,11-13H2,1H3. The lowest BCUT2D eigenvalue weighted by atomic mass is 10.2. The molecular weight excluding hydrogens is 489 g/mol. The van der Waals surface area contributed by atoms with E-state index in [0.29, 0.717) is 35.2 Å². The van der Waals surface area contributed by atoms with E-state index in [-0.39, 0.29) is 13.4 Å². The lowest BCUT2D eigenvalue weighted by molar-refractivity contribution is 0.174. The predicted molar refractivity (Wildman–Crippen MR) is 121 cm³/mol. The molecule has 0 spiro atoms. The van der Waals surface area contributed by atoms with Crippen LogP contribution in [0.5, 0.6) is 23.0 Å². The highest BCUT2D eigenvalue weighted by molar-refractivity contribution is 9.10. The zero-order valence-corrected chi connectivity index (χ0v) is 19.1. The van der Waals surface area contributed by atoms with E-state index in [2.05, 4.69) is 21.2 Å². The van der Waals surface area contributed by atoms with Gasteiger partial charge in [-0.25, -0.2) is 4.39 Å². The molecule has 8 heteroatoms. The quantitative estimate of drug-likeness (QED) is 0.373. The van der Waals surface area contributed by atoms with Gasteiger partial charge in [0.05, 0.1) is 11.6 Å². The van der Waals surface area contributed by atoms with Crippen molar-refractivity contribution in [3.63, 3.8) is 0 Å². The number of fused-ring (bicyclic) bond motifs is 1. The molecule has 0 saturated carbocycles. The fourth-order valence-electron chi connectivity index (χ4n) is 3.12. The summed E-state index contributed by atoms with van der Waals surface area (Å²) in [7, 11) is 0.